The van der Waals surface area contributed by atoms with Crippen LogP contribution in [0.2, 0.25) is 0 Å². The van der Waals surface area contributed by atoms with Crippen molar-refractivity contribution in [2.45, 2.75) is 32.2 Å². The lowest BCUT2D eigenvalue weighted by Gasteiger charge is -2.13. The maximum Gasteiger partial charge on any atom is 0.326 e. The van der Waals surface area contributed by atoms with Crippen molar-refractivity contribution in [3.05, 3.63) is 35.4 Å². The summed E-state index contributed by atoms with van der Waals surface area (Å²) in [5.41, 5.74) is -0.0989. The minimum Gasteiger partial charge on any atom is -0.480 e. The summed E-state index contributed by atoms with van der Waals surface area (Å²) in [6, 6.07) is 1.80. The van der Waals surface area contributed by atoms with Gasteiger partial charge in [-0.25, -0.2) is 13.6 Å². The molecule has 2 N–H and O–H groups in total. The Labute approximate surface area is 109 Å². The Morgan fingerprint density at radius 3 is 2.63 bits per heavy atom. The van der Waals surface area contributed by atoms with E-state index in [0.717, 1.165) is 18.2 Å². The summed E-state index contributed by atoms with van der Waals surface area (Å²) in [5, 5.41) is 11.2. The molecule has 0 saturated carbocycles. The van der Waals surface area contributed by atoms with Gasteiger partial charge in [0, 0.05) is 5.56 Å². The molecule has 19 heavy (non-hydrogen) atoms. The minimum absolute atomic E-state index is 0.0989. The topological polar surface area (TPSA) is 66.4 Å². The lowest BCUT2D eigenvalue weighted by atomic mass is 10.1. The van der Waals surface area contributed by atoms with Gasteiger partial charge in [0.15, 0.2) is 0 Å². The number of amides is 1. The SMILES string of the molecule is CCC[C@@H](NC(=O)Cc1cc(F)ccc1F)C(=O)O. The van der Waals surface area contributed by atoms with Gasteiger partial charge in [0.1, 0.15) is 17.7 Å². The molecule has 0 spiro atoms. The minimum atomic E-state index is -1.14. The fourth-order valence-corrected chi connectivity index (χ4v) is 1.64. The fraction of sp³-hybridized carbons (Fsp3) is 0.385. The van der Waals surface area contributed by atoms with Crippen molar-refractivity contribution in [3.63, 3.8) is 0 Å². The number of hydrogen-bond acceptors (Lipinski definition) is 2. The van der Waals surface area contributed by atoms with Crippen LogP contribution < -0.4 is 5.32 Å². The predicted octanol–water partition coefficient (Wildman–Crippen LogP) is 1.88. The molecule has 1 amide bonds. The van der Waals surface area contributed by atoms with E-state index in [1.807, 2.05) is 0 Å². The molecule has 0 aromatic heterocycles. The molecule has 4 nitrogen and oxygen atoms in total. The van der Waals surface area contributed by atoms with Crippen molar-refractivity contribution in [1.29, 1.82) is 0 Å². The second-order valence-corrected chi connectivity index (χ2v) is 4.16. The van der Waals surface area contributed by atoms with Gasteiger partial charge in [0.25, 0.3) is 0 Å². The van der Waals surface area contributed by atoms with Crippen LogP contribution in [-0.4, -0.2) is 23.0 Å². The average Bonchev–Trinajstić information content (AvgIpc) is 2.33. The third kappa shape index (κ3) is 4.65. The maximum absolute atomic E-state index is 13.3. The number of halogens is 2. The first-order valence-electron chi connectivity index (χ1n) is 5.90. The highest BCUT2D eigenvalue weighted by Crippen LogP contribution is 2.10. The summed E-state index contributed by atoms with van der Waals surface area (Å²) in [4.78, 5) is 22.5. The lowest BCUT2D eigenvalue weighted by molar-refractivity contribution is -0.141. The smallest absolute Gasteiger partial charge is 0.326 e. The van der Waals surface area contributed by atoms with Gasteiger partial charge in [-0.15, -0.1) is 0 Å². The van der Waals surface area contributed by atoms with Gasteiger partial charge in [-0.2, -0.15) is 0 Å². The fourth-order valence-electron chi connectivity index (χ4n) is 1.64. The molecule has 0 aliphatic carbocycles. The molecule has 0 fully saturated rings. The quantitative estimate of drug-likeness (QED) is 0.830. The number of rotatable bonds is 6. The van der Waals surface area contributed by atoms with E-state index < -0.39 is 36.0 Å². The van der Waals surface area contributed by atoms with E-state index in [2.05, 4.69) is 5.32 Å². The normalized spacial score (nSPS) is 11.9. The molecule has 104 valence electrons. The molecule has 6 heteroatoms. The van der Waals surface area contributed by atoms with E-state index in [0.29, 0.717) is 6.42 Å². The maximum atomic E-state index is 13.3. The van der Waals surface area contributed by atoms with E-state index >= 15 is 0 Å². The van der Waals surface area contributed by atoms with Crippen LogP contribution in [0.4, 0.5) is 8.78 Å². The number of nitrogens with one attached hydrogen (secondary N) is 1. The van der Waals surface area contributed by atoms with E-state index in [9.17, 15) is 18.4 Å². The van der Waals surface area contributed by atoms with Crippen molar-refractivity contribution in [2.75, 3.05) is 0 Å². The number of hydrogen-bond donors (Lipinski definition) is 2. The summed E-state index contributed by atoms with van der Waals surface area (Å²) >= 11 is 0. The van der Waals surface area contributed by atoms with Crippen LogP contribution >= 0.6 is 0 Å². The second-order valence-electron chi connectivity index (χ2n) is 4.16. The molecule has 0 bridgehead atoms. The van der Waals surface area contributed by atoms with Crippen molar-refractivity contribution in [3.8, 4) is 0 Å². The van der Waals surface area contributed by atoms with Crippen LogP contribution in [0.3, 0.4) is 0 Å². The van der Waals surface area contributed by atoms with Crippen LogP contribution in [-0.2, 0) is 16.0 Å². The zero-order chi connectivity index (χ0) is 14.4. The Morgan fingerprint density at radius 1 is 1.37 bits per heavy atom. The van der Waals surface area contributed by atoms with Crippen LogP contribution in [0.15, 0.2) is 18.2 Å². The number of aliphatic carboxylic acids is 1. The molecule has 1 aromatic carbocycles. The Balaban J connectivity index is 2.68. The summed E-state index contributed by atoms with van der Waals surface area (Å²) in [5.74, 6) is -3.13. The molecule has 0 saturated heterocycles. The highest BCUT2D eigenvalue weighted by atomic mass is 19.1. The van der Waals surface area contributed by atoms with Crippen molar-refractivity contribution >= 4 is 11.9 Å². The largest absolute Gasteiger partial charge is 0.480 e. The van der Waals surface area contributed by atoms with Gasteiger partial charge in [-0.3, -0.25) is 4.79 Å². The molecule has 0 heterocycles. The molecule has 1 atom stereocenters. The molecule has 1 aromatic rings. The number of carbonyl (C=O) groups is 2. The van der Waals surface area contributed by atoms with E-state index in [4.69, 9.17) is 5.11 Å². The van der Waals surface area contributed by atoms with Crippen molar-refractivity contribution in [1.82, 2.24) is 5.32 Å². The predicted molar refractivity (Wildman–Crippen MR) is 64.5 cm³/mol. The first kappa shape index (κ1) is 15.1. The molecular weight excluding hydrogens is 256 g/mol. The van der Waals surface area contributed by atoms with E-state index in [-0.39, 0.29) is 12.0 Å². The van der Waals surface area contributed by atoms with E-state index in [1.54, 1.807) is 6.92 Å². The first-order valence-corrected chi connectivity index (χ1v) is 5.90. The molecule has 0 aliphatic rings. The Hall–Kier alpha value is -1.98. The van der Waals surface area contributed by atoms with Crippen LogP contribution in [0.1, 0.15) is 25.3 Å². The molecule has 0 unspecified atom stereocenters. The zero-order valence-corrected chi connectivity index (χ0v) is 10.5. The first-order chi connectivity index (χ1) is 8.93. The average molecular weight is 271 g/mol. The summed E-state index contributed by atoms with van der Waals surface area (Å²) in [6.45, 7) is 1.79. The third-order valence-corrected chi connectivity index (χ3v) is 2.57. The van der Waals surface area contributed by atoms with Crippen LogP contribution in [0.5, 0.6) is 0 Å². The number of carbonyl (C=O) groups excluding carboxylic acids is 1. The van der Waals surface area contributed by atoms with E-state index in [1.165, 1.54) is 0 Å². The third-order valence-electron chi connectivity index (χ3n) is 2.57. The van der Waals surface area contributed by atoms with Crippen LogP contribution in [0, 0.1) is 11.6 Å². The zero-order valence-electron chi connectivity index (χ0n) is 10.5. The van der Waals surface area contributed by atoms with Crippen molar-refractivity contribution in [2.24, 2.45) is 0 Å². The van der Waals surface area contributed by atoms with Gasteiger partial charge in [0.05, 0.1) is 6.42 Å². The van der Waals surface area contributed by atoms with Gasteiger partial charge in [-0.1, -0.05) is 13.3 Å². The molecule has 0 aliphatic heterocycles. The van der Waals surface area contributed by atoms with Crippen molar-refractivity contribution < 1.29 is 23.5 Å². The Kier molecular flexibility index (Phi) is 5.41. The number of benzene rings is 1. The molecule has 1 rings (SSSR count). The summed E-state index contributed by atoms with van der Waals surface area (Å²) in [6.07, 6.45) is 0.482. The second kappa shape index (κ2) is 6.82. The van der Waals surface area contributed by atoms with Gasteiger partial charge in [-0.05, 0) is 24.6 Å². The van der Waals surface area contributed by atoms with Gasteiger partial charge >= 0.3 is 5.97 Å². The summed E-state index contributed by atoms with van der Waals surface area (Å²) < 4.78 is 26.2. The monoisotopic (exact) mass is 271 g/mol. The highest BCUT2D eigenvalue weighted by molar-refractivity contribution is 5.84. The lowest BCUT2D eigenvalue weighted by Crippen LogP contribution is -2.41. The number of carboxylic acid groups (broad SMARTS) is 1. The van der Waals surface area contributed by atoms with Gasteiger partial charge in [0.2, 0.25) is 5.91 Å². The Bertz CT molecular complexity index is 477. The standard InChI is InChI=1S/C13H15F2NO3/c1-2-3-11(13(18)19)16-12(17)7-8-6-9(14)4-5-10(8)15/h4-6,11H,2-3,7H2,1H3,(H,16,17)(H,18,19)/t11-/m1/s1. The van der Waals surface area contributed by atoms with Crippen LogP contribution in [0.25, 0.3) is 0 Å². The Morgan fingerprint density at radius 2 is 2.05 bits per heavy atom. The summed E-state index contributed by atoms with van der Waals surface area (Å²) in [7, 11) is 0. The molecule has 0 radical (unpaired) electrons. The molecular formula is C13H15F2NO3. The number of carboxylic acids is 1. The van der Waals surface area contributed by atoms with Gasteiger partial charge < -0.3 is 10.4 Å². The highest BCUT2D eigenvalue weighted by Gasteiger charge is 2.19.